The van der Waals surface area contributed by atoms with Gasteiger partial charge in [0.05, 0.1) is 7.11 Å². The first kappa shape index (κ1) is 13.4. The lowest BCUT2D eigenvalue weighted by Gasteiger charge is -2.12. The number of benzene rings is 1. The summed E-state index contributed by atoms with van der Waals surface area (Å²) in [6, 6.07) is 1.36. The molecule has 0 saturated carbocycles. The average Bonchev–Trinajstić information content (AvgIpc) is 2.31. The first-order valence-corrected chi connectivity index (χ1v) is 5.65. The van der Waals surface area contributed by atoms with Crippen LogP contribution in [0.2, 0.25) is 0 Å². The fraction of sp³-hybridized carbons (Fsp3) is 0.462. The number of ketones is 1. The van der Waals surface area contributed by atoms with Crippen molar-refractivity contribution in [2.75, 3.05) is 7.11 Å². The number of hydrogen-bond acceptors (Lipinski definition) is 4. The molecule has 0 aliphatic carbocycles. The van der Waals surface area contributed by atoms with Crippen molar-refractivity contribution in [3.63, 3.8) is 0 Å². The molecule has 0 unspecified atom stereocenters. The molecule has 4 heteroatoms. The van der Waals surface area contributed by atoms with E-state index in [1.54, 1.807) is 6.92 Å². The minimum Gasteiger partial charge on any atom is -0.507 e. The number of aromatic hydroxyl groups is 2. The molecule has 0 spiro atoms. The highest BCUT2D eigenvalue weighted by atomic mass is 16.5. The molecule has 0 heterocycles. The van der Waals surface area contributed by atoms with Crippen molar-refractivity contribution in [3.05, 3.63) is 17.2 Å². The van der Waals surface area contributed by atoms with Crippen molar-refractivity contribution in [1.29, 1.82) is 0 Å². The molecule has 0 bridgehead atoms. The molecular weight excluding hydrogens is 220 g/mol. The third-order valence-corrected chi connectivity index (χ3v) is 2.74. The highest BCUT2D eigenvalue weighted by Gasteiger charge is 2.20. The molecule has 1 aromatic rings. The van der Waals surface area contributed by atoms with Crippen molar-refractivity contribution >= 4 is 5.78 Å². The van der Waals surface area contributed by atoms with E-state index >= 15 is 0 Å². The number of phenolic OH excluding ortho intramolecular Hbond substituents is 2. The lowest BCUT2D eigenvalue weighted by atomic mass is 10.0. The van der Waals surface area contributed by atoms with Crippen LogP contribution in [0.15, 0.2) is 6.07 Å². The van der Waals surface area contributed by atoms with Crippen LogP contribution < -0.4 is 4.74 Å². The minimum absolute atomic E-state index is 0.00301. The third-order valence-electron chi connectivity index (χ3n) is 2.74. The molecule has 0 radical (unpaired) electrons. The van der Waals surface area contributed by atoms with E-state index in [9.17, 15) is 15.0 Å². The van der Waals surface area contributed by atoms with Gasteiger partial charge in [-0.25, -0.2) is 0 Å². The lowest BCUT2D eigenvalue weighted by Crippen LogP contribution is -2.02. The Hall–Kier alpha value is -1.71. The van der Waals surface area contributed by atoms with Crippen LogP contribution in [0.3, 0.4) is 0 Å². The Morgan fingerprint density at radius 3 is 2.59 bits per heavy atom. The molecule has 1 rings (SSSR count). The van der Waals surface area contributed by atoms with E-state index in [-0.39, 0.29) is 22.8 Å². The second kappa shape index (κ2) is 5.57. The van der Waals surface area contributed by atoms with Crippen molar-refractivity contribution in [2.24, 2.45) is 0 Å². The van der Waals surface area contributed by atoms with E-state index in [0.29, 0.717) is 17.7 Å². The Morgan fingerprint density at radius 1 is 1.41 bits per heavy atom. The molecule has 0 aliphatic rings. The number of carbonyl (C=O) groups is 1. The van der Waals surface area contributed by atoms with E-state index in [0.717, 1.165) is 12.8 Å². The number of carbonyl (C=O) groups excluding carboxylic acids is 1. The van der Waals surface area contributed by atoms with E-state index in [1.807, 2.05) is 6.92 Å². The number of Topliss-reactive ketones (excluding diaryl/α,β-unsaturated/α-hetero) is 1. The van der Waals surface area contributed by atoms with E-state index in [1.165, 1.54) is 13.2 Å². The maximum absolute atomic E-state index is 11.8. The molecule has 0 aromatic heterocycles. The summed E-state index contributed by atoms with van der Waals surface area (Å²) in [5, 5.41) is 19.6. The Balaban J connectivity index is 3.16. The summed E-state index contributed by atoms with van der Waals surface area (Å²) in [7, 11) is 1.44. The maximum atomic E-state index is 11.8. The summed E-state index contributed by atoms with van der Waals surface area (Å²) >= 11 is 0. The van der Waals surface area contributed by atoms with Crippen molar-refractivity contribution < 1.29 is 19.7 Å². The number of rotatable bonds is 5. The van der Waals surface area contributed by atoms with Crippen molar-refractivity contribution in [1.82, 2.24) is 0 Å². The predicted octanol–water partition coefficient (Wildman–Crippen LogP) is 2.79. The fourth-order valence-electron chi connectivity index (χ4n) is 1.68. The van der Waals surface area contributed by atoms with Crippen LogP contribution in [0, 0.1) is 6.92 Å². The van der Waals surface area contributed by atoms with Gasteiger partial charge in [-0.15, -0.1) is 0 Å². The molecule has 94 valence electrons. The first-order chi connectivity index (χ1) is 8.02. The molecule has 17 heavy (non-hydrogen) atoms. The Morgan fingerprint density at radius 2 is 2.06 bits per heavy atom. The van der Waals surface area contributed by atoms with Gasteiger partial charge in [0.25, 0.3) is 0 Å². The van der Waals surface area contributed by atoms with Crippen LogP contribution in [0.1, 0.15) is 42.1 Å². The summed E-state index contributed by atoms with van der Waals surface area (Å²) in [6.45, 7) is 3.62. The van der Waals surface area contributed by atoms with E-state index in [4.69, 9.17) is 4.74 Å². The van der Waals surface area contributed by atoms with Crippen molar-refractivity contribution in [3.8, 4) is 17.2 Å². The third kappa shape index (κ3) is 2.70. The summed E-state index contributed by atoms with van der Waals surface area (Å²) in [4.78, 5) is 11.8. The van der Waals surface area contributed by atoms with Crippen LogP contribution in [-0.2, 0) is 0 Å². The molecule has 4 nitrogen and oxygen atoms in total. The Bertz CT molecular complexity index is 424. The zero-order chi connectivity index (χ0) is 13.0. The van der Waals surface area contributed by atoms with Gasteiger partial charge in [0, 0.05) is 18.1 Å². The molecular formula is C13H18O4. The number of methoxy groups -OCH3 is 1. The largest absolute Gasteiger partial charge is 0.507 e. The first-order valence-electron chi connectivity index (χ1n) is 5.65. The second-order valence-electron chi connectivity index (χ2n) is 3.97. The molecule has 0 atom stereocenters. The molecule has 1 aromatic carbocycles. The summed E-state index contributed by atoms with van der Waals surface area (Å²) < 4.78 is 4.99. The highest BCUT2D eigenvalue weighted by molar-refractivity contribution is 6.01. The highest BCUT2D eigenvalue weighted by Crippen LogP contribution is 2.38. The zero-order valence-electron chi connectivity index (χ0n) is 10.4. The van der Waals surface area contributed by atoms with E-state index in [2.05, 4.69) is 0 Å². The smallest absolute Gasteiger partial charge is 0.170 e. The number of ether oxygens (including phenoxy) is 1. The van der Waals surface area contributed by atoms with Gasteiger partial charge in [0.2, 0.25) is 0 Å². The van der Waals surface area contributed by atoms with Crippen LogP contribution >= 0.6 is 0 Å². The summed E-state index contributed by atoms with van der Waals surface area (Å²) in [5.74, 6) is -0.298. The van der Waals surface area contributed by atoms with E-state index < -0.39 is 0 Å². The Labute approximate surface area is 101 Å². The van der Waals surface area contributed by atoms with Gasteiger partial charge in [-0.1, -0.05) is 13.3 Å². The number of hydrogen-bond donors (Lipinski definition) is 2. The topological polar surface area (TPSA) is 66.8 Å². The fourth-order valence-corrected chi connectivity index (χ4v) is 1.68. The predicted molar refractivity (Wildman–Crippen MR) is 64.9 cm³/mol. The molecule has 0 amide bonds. The average molecular weight is 238 g/mol. The number of unbranched alkanes of at least 4 members (excludes halogenated alkanes) is 1. The minimum atomic E-state index is -0.243. The maximum Gasteiger partial charge on any atom is 0.170 e. The zero-order valence-corrected chi connectivity index (χ0v) is 10.4. The van der Waals surface area contributed by atoms with Crippen LogP contribution in [0.25, 0.3) is 0 Å². The van der Waals surface area contributed by atoms with Crippen LogP contribution in [0.4, 0.5) is 0 Å². The monoisotopic (exact) mass is 238 g/mol. The number of phenols is 2. The van der Waals surface area contributed by atoms with Gasteiger partial charge in [-0.2, -0.15) is 0 Å². The van der Waals surface area contributed by atoms with Gasteiger partial charge >= 0.3 is 0 Å². The molecule has 0 aliphatic heterocycles. The molecule has 0 saturated heterocycles. The van der Waals surface area contributed by atoms with Gasteiger partial charge in [-0.05, 0) is 13.3 Å². The van der Waals surface area contributed by atoms with Gasteiger partial charge < -0.3 is 14.9 Å². The lowest BCUT2D eigenvalue weighted by molar-refractivity contribution is 0.0974. The SMILES string of the molecule is CCCCC(=O)c1c(O)cc(OC)c(C)c1O. The van der Waals surface area contributed by atoms with Crippen LogP contribution in [-0.4, -0.2) is 23.1 Å². The van der Waals surface area contributed by atoms with Gasteiger partial charge in [0.1, 0.15) is 22.8 Å². The van der Waals surface area contributed by atoms with Crippen molar-refractivity contribution in [2.45, 2.75) is 33.1 Å². The summed E-state index contributed by atoms with van der Waals surface area (Å²) in [5.41, 5.74) is 0.460. The molecule has 0 fully saturated rings. The summed E-state index contributed by atoms with van der Waals surface area (Å²) in [6.07, 6.45) is 1.95. The normalized spacial score (nSPS) is 10.3. The van der Waals surface area contributed by atoms with Crippen LogP contribution in [0.5, 0.6) is 17.2 Å². The second-order valence-corrected chi connectivity index (χ2v) is 3.97. The standard InChI is InChI=1S/C13H18O4/c1-4-5-6-9(14)12-10(15)7-11(17-3)8(2)13(12)16/h7,15-16H,4-6H2,1-3H3. The van der Waals surface area contributed by atoms with Gasteiger partial charge in [0.15, 0.2) is 5.78 Å². The molecule has 2 N–H and O–H groups in total. The quantitative estimate of drug-likeness (QED) is 0.774. The van der Waals surface area contributed by atoms with Gasteiger partial charge in [-0.3, -0.25) is 4.79 Å². The Kier molecular flexibility index (Phi) is 4.37.